The molecule has 1 aliphatic carbocycles. The van der Waals surface area contributed by atoms with Crippen LogP contribution in [0.2, 0.25) is 51.4 Å². The Hall–Kier alpha value is -5.63. The molecule has 8 rings (SSSR count). The predicted octanol–water partition coefficient (Wildman–Crippen LogP) is 8.09. The van der Waals surface area contributed by atoms with Gasteiger partial charge in [0.05, 0.1) is 56.5 Å². The van der Waals surface area contributed by atoms with E-state index < -0.39 is 34.1 Å². The highest BCUT2D eigenvalue weighted by Gasteiger charge is 2.47. The standard InChI is InChI=1S/C50H65N5O10Si2/c1-60-42-23-35-39(52-47(56)46-38(29-62-18-20-66(3,4)5)37(28-54(46)48(35)57)32-12-14-34(51)15-13-32)25-44(42)64-16-9-17-65-45-26-40-36(24-43(45)61-2)49(58)53-27-33(31-10-11-31)22-41(53)50(59)55(40)30-63-19-21-67(6,7)8/h12-15,23-28,31,38,41,46H,9-11,16-22,29-30,51H2,1-8H3,(H,52,56)/t38-,41-,46?/m0/s1. The molecule has 3 N–H and O–H groups in total. The maximum atomic E-state index is 14.4. The highest BCUT2D eigenvalue weighted by atomic mass is 28.3. The lowest BCUT2D eigenvalue weighted by atomic mass is 9.90. The normalized spacial score (nSPS) is 20.3. The number of nitrogens with two attached hydrogens (primary N) is 1. The molecule has 1 saturated carbocycles. The van der Waals surface area contributed by atoms with Crippen molar-refractivity contribution in [1.82, 2.24) is 9.80 Å². The Morgan fingerprint density at radius 1 is 0.716 bits per heavy atom. The van der Waals surface area contributed by atoms with Gasteiger partial charge in [-0.3, -0.25) is 24.1 Å². The molecule has 67 heavy (non-hydrogen) atoms. The first-order valence-corrected chi connectivity index (χ1v) is 30.8. The van der Waals surface area contributed by atoms with Crippen LogP contribution in [0.3, 0.4) is 0 Å². The molecule has 5 aliphatic rings. The van der Waals surface area contributed by atoms with Crippen molar-refractivity contribution in [2.24, 2.45) is 11.8 Å². The summed E-state index contributed by atoms with van der Waals surface area (Å²) < 4.78 is 36.4. The van der Waals surface area contributed by atoms with E-state index in [4.69, 9.17) is 34.2 Å². The zero-order chi connectivity index (χ0) is 47.8. The fourth-order valence-corrected chi connectivity index (χ4v) is 10.4. The van der Waals surface area contributed by atoms with Crippen LogP contribution in [0, 0.1) is 11.8 Å². The highest BCUT2D eigenvalue weighted by molar-refractivity contribution is 6.76. The Labute approximate surface area is 395 Å². The van der Waals surface area contributed by atoms with E-state index in [1.165, 1.54) is 19.1 Å². The number of methoxy groups -OCH3 is 2. The first-order chi connectivity index (χ1) is 31.9. The Morgan fingerprint density at radius 3 is 1.96 bits per heavy atom. The number of hydrogen-bond donors (Lipinski definition) is 2. The van der Waals surface area contributed by atoms with Crippen LogP contribution in [-0.4, -0.2) is 116 Å². The van der Waals surface area contributed by atoms with Gasteiger partial charge in [0.15, 0.2) is 23.0 Å². The van der Waals surface area contributed by atoms with Gasteiger partial charge in [-0.1, -0.05) is 51.4 Å². The largest absolute Gasteiger partial charge is 0.493 e. The van der Waals surface area contributed by atoms with Gasteiger partial charge in [0.25, 0.3) is 17.7 Å². The van der Waals surface area contributed by atoms with Gasteiger partial charge in [-0.2, -0.15) is 0 Å². The number of anilines is 3. The first kappa shape index (κ1) is 47.9. The molecule has 4 heterocycles. The minimum atomic E-state index is -1.40. The van der Waals surface area contributed by atoms with E-state index in [1.807, 2.05) is 18.3 Å². The van der Waals surface area contributed by atoms with Crippen molar-refractivity contribution in [3.63, 3.8) is 0 Å². The first-order valence-electron chi connectivity index (χ1n) is 23.4. The topological polar surface area (TPSA) is 171 Å². The number of fused-ring (bicyclic) bond motifs is 4. The molecule has 15 nitrogen and oxygen atoms in total. The lowest BCUT2D eigenvalue weighted by molar-refractivity contribution is -0.123. The number of amides is 4. The summed E-state index contributed by atoms with van der Waals surface area (Å²) in [5.74, 6) is 0.233. The lowest BCUT2D eigenvalue weighted by Gasteiger charge is -2.26. The molecule has 4 aliphatic heterocycles. The van der Waals surface area contributed by atoms with Gasteiger partial charge in [0, 0.05) is 78.3 Å². The molecule has 3 atom stereocenters. The van der Waals surface area contributed by atoms with Crippen LogP contribution < -0.4 is 34.9 Å². The third-order valence-corrected chi connectivity index (χ3v) is 16.4. The number of carbonyl (C=O) groups excluding carboxylic acids is 4. The van der Waals surface area contributed by atoms with Crippen LogP contribution in [0.15, 0.2) is 66.5 Å². The zero-order valence-corrected chi connectivity index (χ0v) is 42.1. The number of rotatable bonds is 20. The monoisotopic (exact) mass is 951 g/mol. The fourth-order valence-electron chi connectivity index (χ4n) is 8.90. The number of nitrogens with one attached hydrogen (secondary N) is 1. The molecule has 4 amide bonds. The van der Waals surface area contributed by atoms with Crippen LogP contribution in [0.1, 0.15) is 52.0 Å². The summed E-state index contributed by atoms with van der Waals surface area (Å²) in [7, 11) is 0.246. The van der Waals surface area contributed by atoms with E-state index in [9.17, 15) is 19.2 Å². The average Bonchev–Trinajstić information content (AvgIpc) is 3.95. The van der Waals surface area contributed by atoms with Gasteiger partial charge in [0.1, 0.15) is 18.8 Å². The SMILES string of the molecule is COc1cc2c(cc1OCCCOc1cc3c(cc1OC)C(=O)N1C=C(C4CC4)C[C@H]1C(=O)N3COCC[Si](C)(C)C)NC(=O)C1[C@@H](COCC[Si](C)(C)C)C(c3ccc(N)cc3)=CN1C2=O. The molecule has 17 heteroatoms. The molecule has 0 radical (unpaired) electrons. The summed E-state index contributed by atoms with van der Waals surface area (Å²) in [4.78, 5) is 61.7. The van der Waals surface area contributed by atoms with Crippen molar-refractivity contribution in [2.45, 2.75) is 89.1 Å². The van der Waals surface area contributed by atoms with Gasteiger partial charge < -0.3 is 49.3 Å². The summed E-state index contributed by atoms with van der Waals surface area (Å²) in [6.45, 7) is 15.4. The van der Waals surface area contributed by atoms with E-state index in [0.717, 1.165) is 41.6 Å². The highest BCUT2D eigenvalue weighted by Crippen LogP contribution is 2.46. The molecule has 1 unspecified atom stereocenters. The smallest absolute Gasteiger partial charge is 0.260 e. The molecule has 1 fully saturated rings. The van der Waals surface area contributed by atoms with E-state index in [-0.39, 0.29) is 55.7 Å². The summed E-state index contributed by atoms with van der Waals surface area (Å²) in [6.07, 6.45) is 6.73. The quantitative estimate of drug-likeness (QED) is 0.0638. The number of nitrogens with zero attached hydrogens (tertiary/aromatic N) is 3. The molecule has 0 spiro atoms. The Bertz CT molecular complexity index is 2460. The summed E-state index contributed by atoms with van der Waals surface area (Å²) >= 11 is 0. The van der Waals surface area contributed by atoms with Gasteiger partial charge >= 0.3 is 0 Å². The molecule has 3 aromatic rings. The van der Waals surface area contributed by atoms with Gasteiger partial charge in [-0.25, -0.2) is 0 Å². The van der Waals surface area contributed by atoms with Crippen molar-refractivity contribution in [1.29, 1.82) is 0 Å². The second-order valence-corrected chi connectivity index (χ2v) is 31.7. The van der Waals surface area contributed by atoms with Gasteiger partial charge in [-0.05, 0) is 71.8 Å². The Balaban J connectivity index is 0.969. The maximum Gasteiger partial charge on any atom is 0.260 e. The average molecular weight is 952 g/mol. The molecular weight excluding hydrogens is 887 g/mol. The van der Waals surface area contributed by atoms with Crippen LogP contribution in [-0.2, 0) is 19.1 Å². The number of nitrogen functional groups attached to an aromatic ring is 1. The van der Waals surface area contributed by atoms with Crippen LogP contribution in [0.25, 0.3) is 5.57 Å². The van der Waals surface area contributed by atoms with E-state index in [1.54, 1.807) is 52.4 Å². The molecule has 0 aromatic heterocycles. The zero-order valence-electron chi connectivity index (χ0n) is 40.1. The second-order valence-electron chi connectivity index (χ2n) is 20.5. The number of hydrogen-bond acceptors (Lipinski definition) is 11. The van der Waals surface area contributed by atoms with E-state index in [0.29, 0.717) is 77.6 Å². The van der Waals surface area contributed by atoms with E-state index >= 15 is 0 Å². The molecule has 0 bridgehead atoms. The summed E-state index contributed by atoms with van der Waals surface area (Å²) in [6, 6.07) is 14.4. The van der Waals surface area contributed by atoms with Crippen LogP contribution >= 0.6 is 0 Å². The van der Waals surface area contributed by atoms with Crippen molar-refractivity contribution < 1.29 is 47.6 Å². The number of carbonyl (C=O) groups is 4. The molecular formula is C50H65N5O10Si2. The van der Waals surface area contributed by atoms with Gasteiger partial charge in [-0.15, -0.1) is 0 Å². The van der Waals surface area contributed by atoms with Gasteiger partial charge in [0.2, 0.25) is 5.91 Å². The maximum absolute atomic E-state index is 14.4. The Morgan fingerprint density at radius 2 is 1.33 bits per heavy atom. The molecule has 358 valence electrons. The second kappa shape index (κ2) is 19.5. The van der Waals surface area contributed by atoms with Crippen molar-refractivity contribution in [3.8, 4) is 23.0 Å². The minimum absolute atomic E-state index is 0.00876. The fraction of sp³-hybridized carbons (Fsp3) is 0.480. The van der Waals surface area contributed by atoms with Crippen molar-refractivity contribution in [3.05, 3.63) is 83.2 Å². The van der Waals surface area contributed by atoms with Crippen LogP contribution in [0.5, 0.6) is 23.0 Å². The van der Waals surface area contributed by atoms with Crippen molar-refractivity contribution in [2.75, 3.05) is 69.9 Å². The Kier molecular flexibility index (Phi) is 14.0. The predicted molar refractivity (Wildman–Crippen MR) is 263 cm³/mol. The minimum Gasteiger partial charge on any atom is -0.493 e. The van der Waals surface area contributed by atoms with Crippen LogP contribution in [0.4, 0.5) is 17.1 Å². The third kappa shape index (κ3) is 10.6. The summed E-state index contributed by atoms with van der Waals surface area (Å²) in [5.41, 5.74) is 10.8. The van der Waals surface area contributed by atoms with E-state index in [2.05, 4.69) is 44.6 Å². The molecule has 3 aromatic carbocycles. The lowest BCUT2D eigenvalue weighted by Crippen LogP contribution is -2.45. The van der Waals surface area contributed by atoms with Crippen molar-refractivity contribution >= 4 is 62.4 Å². The molecule has 0 saturated heterocycles. The number of benzene rings is 3. The summed E-state index contributed by atoms with van der Waals surface area (Å²) in [5, 5.41) is 3.02. The third-order valence-electron chi connectivity index (χ3n) is 13.0. The number of ether oxygens (including phenoxy) is 6.